The molecule has 0 radical (unpaired) electrons. The third-order valence-corrected chi connectivity index (χ3v) is 18.9. The Hall–Kier alpha value is -7.45. The number of aromatic nitrogens is 6. The van der Waals surface area contributed by atoms with Crippen LogP contribution in [0, 0.1) is 23.7 Å². The van der Waals surface area contributed by atoms with Crippen LogP contribution in [0.5, 0.6) is 0 Å². The lowest BCUT2D eigenvalue weighted by Gasteiger charge is -2.43. The van der Waals surface area contributed by atoms with E-state index in [-0.39, 0.29) is 41.5 Å². The van der Waals surface area contributed by atoms with Crippen LogP contribution in [0.2, 0.25) is 0 Å². The van der Waals surface area contributed by atoms with Gasteiger partial charge in [-0.25, -0.2) is 9.03 Å². The molecule has 13 rings (SSSR count). The molecule has 4 aliphatic heterocycles. The number of pyridine rings is 2. The van der Waals surface area contributed by atoms with E-state index in [9.17, 15) is 19.5 Å². The number of nitrogens with one attached hydrogen (secondary N) is 3. The lowest BCUT2D eigenvalue weighted by Crippen LogP contribution is -2.57. The number of carbonyl (C=O) groups excluding carboxylic acids is 3. The number of fused-ring (bicyclic) bond motifs is 4. The van der Waals surface area contributed by atoms with Gasteiger partial charge in [0.2, 0.25) is 11.9 Å². The maximum atomic E-state index is 14.4. The van der Waals surface area contributed by atoms with Crippen LogP contribution in [0.1, 0.15) is 71.2 Å². The van der Waals surface area contributed by atoms with Crippen molar-refractivity contribution in [3.8, 4) is 0 Å². The van der Waals surface area contributed by atoms with Gasteiger partial charge in [0.05, 0.1) is 17.0 Å². The smallest absolute Gasteiger partial charge is 0.253 e. The monoisotopic (exact) mass is 1080 g/mol. The number of likely N-dealkylation sites (tertiary alicyclic amines) is 2. The minimum Gasteiger partial charge on any atom is -0.385 e. The van der Waals surface area contributed by atoms with Gasteiger partial charge >= 0.3 is 0 Å². The molecule has 2 amide bonds. The molecule has 4 saturated heterocycles. The van der Waals surface area contributed by atoms with Crippen molar-refractivity contribution in [2.45, 2.75) is 68.2 Å². The van der Waals surface area contributed by atoms with E-state index >= 15 is 0 Å². The number of amides is 2. The Kier molecular flexibility index (Phi) is 13.6. The molecule has 6 fully saturated rings. The van der Waals surface area contributed by atoms with Gasteiger partial charge in [-0.05, 0) is 156 Å². The maximum absolute atomic E-state index is 14.4. The van der Waals surface area contributed by atoms with Crippen molar-refractivity contribution < 1.29 is 19.5 Å². The van der Waals surface area contributed by atoms with Gasteiger partial charge in [0.1, 0.15) is 5.78 Å². The Balaban J connectivity index is 0.639. The number of piperidine rings is 2. The minimum absolute atomic E-state index is 0.00665. The van der Waals surface area contributed by atoms with Gasteiger partial charge in [-0.3, -0.25) is 14.4 Å². The fourth-order valence-corrected chi connectivity index (χ4v) is 14.5. The number of rotatable bonds is 14. The van der Waals surface area contributed by atoms with Gasteiger partial charge in [-0.1, -0.05) is 30.3 Å². The molecule has 0 bridgehead atoms. The summed E-state index contributed by atoms with van der Waals surface area (Å²) in [5.41, 5.74) is 6.14. The van der Waals surface area contributed by atoms with Gasteiger partial charge < -0.3 is 50.5 Å². The first-order valence-corrected chi connectivity index (χ1v) is 28.7. The number of anilines is 6. The van der Waals surface area contributed by atoms with E-state index in [1.807, 2.05) is 132 Å². The van der Waals surface area contributed by atoms with Crippen LogP contribution in [-0.4, -0.2) is 176 Å². The Bertz CT molecular complexity index is 3400. The standard InChI is InChI=1S/C61H73N15O4/c1-69-27-22-49(23-28-69)71(3)56(78)40-14-18-47(19-15-40)64-59-66-55-53(13-9-26-76(55)68-59)74-38-46-30-50(77)33-60(46,39-74)62-34-44-35-70(2)29-24-51(44)72(4)57(79)41-16-20-48(21-17-41)63-58-65-54-52(12-8-25-75(54)67-58)73-36-42-31-61(80,32-43(42)37-73)45-10-6-5-7-11-45/h5-21,25-26,42-44,46,49,51,62,80H,22-24,27-39H2,1-4H3,(H,63,67)(H,64,68)/t42-,43+,44?,46-,51?,60-,61+/m1/s1. The van der Waals surface area contributed by atoms with Crippen LogP contribution in [0.15, 0.2) is 116 Å². The molecular weight excluding hydrogens is 1010 g/mol. The summed E-state index contributed by atoms with van der Waals surface area (Å²) in [5, 5.41) is 31.9. The number of Topliss-reactive ketones (excluding diaryl/α,β-unsaturated/α-hetero) is 1. The third-order valence-electron chi connectivity index (χ3n) is 18.9. The SMILES string of the molecule is CN1CCC(N(C)C(=O)c2ccc(Nc3nc4c(N5C[C@H]6CC(=O)C[C@@]6(NCC6CN(C)CCC6N(C)C(=O)c6ccc(Nc7nc8c(N9C[C@@H]%10C[C@](O)(c%11ccccc%11)C[C@@H]%10C9)cccn8n7)cc6)C5)cccn4n3)cc2)CC1. The summed E-state index contributed by atoms with van der Waals surface area (Å²) in [4.78, 5) is 64.2. The van der Waals surface area contributed by atoms with Gasteiger partial charge in [0.15, 0.2) is 11.3 Å². The van der Waals surface area contributed by atoms with Gasteiger partial charge in [0.25, 0.3) is 11.8 Å². The van der Waals surface area contributed by atoms with E-state index in [0.29, 0.717) is 67.3 Å². The van der Waals surface area contributed by atoms with Crippen molar-refractivity contribution >= 4 is 63.5 Å². The molecule has 4 N–H and O–H groups in total. The van der Waals surface area contributed by atoms with Crippen molar-refractivity contribution in [2.75, 3.05) is 108 Å². The van der Waals surface area contributed by atoms with E-state index in [1.54, 1.807) is 4.52 Å². The molecule has 0 spiro atoms. The number of ketones is 1. The van der Waals surface area contributed by atoms with Crippen LogP contribution in [-0.2, 0) is 10.4 Å². The average Bonchev–Trinajstić information content (AvgIpc) is 4.41. The van der Waals surface area contributed by atoms with E-state index in [0.717, 1.165) is 111 Å². The molecule has 80 heavy (non-hydrogen) atoms. The molecule has 19 heteroatoms. The van der Waals surface area contributed by atoms with E-state index in [4.69, 9.17) is 20.2 Å². The Morgan fingerprint density at radius 3 is 1.82 bits per heavy atom. The largest absolute Gasteiger partial charge is 0.385 e. The van der Waals surface area contributed by atoms with Crippen molar-refractivity contribution in [3.63, 3.8) is 0 Å². The number of benzene rings is 3. The second-order valence-corrected chi connectivity index (χ2v) is 24.1. The molecule has 8 heterocycles. The second kappa shape index (κ2) is 20.9. The lowest BCUT2D eigenvalue weighted by molar-refractivity contribution is -0.117. The van der Waals surface area contributed by atoms with E-state index in [2.05, 4.69) is 61.8 Å². The van der Waals surface area contributed by atoms with Crippen LogP contribution >= 0.6 is 0 Å². The molecule has 3 aromatic carbocycles. The van der Waals surface area contributed by atoms with Crippen molar-refractivity contribution in [1.82, 2.24) is 54.1 Å². The second-order valence-electron chi connectivity index (χ2n) is 24.1. The lowest BCUT2D eigenvalue weighted by atomic mass is 9.86. The molecule has 7 atom stereocenters. The third kappa shape index (κ3) is 9.91. The van der Waals surface area contributed by atoms with Crippen molar-refractivity contribution in [2.24, 2.45) is 23.7 Å². The van der Waals surface area contributed by atoms with E-state index in [1.165, 1.54) is 0 Å². The predicted molar refractivity (Wildman–Crippen MR) is 309 cm³/mol. The summed E-state index contributed by atoms with van der Waals surface area (Å²) < 4.78 is 3.61. The normalized spacial score (nSPS) is 26.3. The number of nitrogens with zero attached hydrogens (tertiary/aromatic N) is 12. The highest BCUT2D eigenvalue weighted by Crippen LogP contribution is 2.50. The Morgan fingerprint density at radius 2 is 1.23 bits per heavy atom. The molecule has 2 saturated carbocycles. The zero-order valence-corrected chi connectivity index (χ0v) is 46.3. The number of hydrogen-bond donors (Lipinski definition) is 4. The fourth-order valence-electron chi connectivity index (χ4n) is 14.5. The average molecular weight is 1080 g/mol. The summed E-state index contributed by atoms with van der Waals surface area (Å²) in [7, 11) is 8.11. The Labute approximate surface area is 466 Å². The predicted octanol–water partition coefficient (Wildman–Crippen LogP) is 6.38. The summed E-state index contributed by atoms with van der Waals surface area (Å²) >= 11 is 0. The first kappa shape index (κ1) is 52.0. The molecule has 4 aromatic heterocycles. The summed E-state index contributed by atoms with van der Waals surface area (Å²) in [6, 6.07) is 33.6. The zero-order valence-electron chi connectivity index (χ0n) is 46.3. The number of carbonyl (C=O) groups is 3. The van der Waals surface area contributed by atoms with Crippen LogP contribution in [0.3, 0.4) is 0 Å². The summed E-state index contributed by atoms with van der Waals surface area (Å²) in [6.45, 7) is 7.44. The molecule has 2 unspecified atom stereocenters. The summed E-state index contributed by atoms with van der Waals surface area (Å²) in [5.74, 6) is 2.25. The minimum atomic E-state index is -0.776. The first-order chi connectivity index (χ1) is 38.7. The van der Waals surface area contributed by atoms with Crippen LogP contribution < -0.4 is 25.8 Å². The fraction of sp³-hybridized carbons (Fsp3) is 0.459. The van der Waals surface area contributed by atoms with E-state index < -0.39 is 11.1 Å². The van der Waals surface area contributed by atoms with Crippen molar-refractivity contribution in [3.05, 3.63) is 132 Å². The Morgan fingerprint density at radius 1 is 0.662 bits per heavy atom. The van der Waals surface area contributed by atoms with Crippen LogP contribution in [0.25, 0.3) is 11.3 Å². The first-order valence-electron chi connectivity index (χ1n) is 28.7. The van der Waals surface area contributed by atoms with Crippen LogP contribution in [0.4, 0.5) is 34.6 Å². The van der Waals surface area contributed by atoms with Gasteiger partial charge in [0, 0.05) is 131 Å². The molecule has 416 valence electrons. The molecule has 7 aromatic rings. The zero-order chi connectivity index (χ0) is 54.9. The topological polar surface area (TPSA) is 187 Å². The summed E-state index contributed by atoms with van der Waals surface area (Å²) in [6.07, 6.45) is 9.09. The molecule has 2 aliphatic carbocycles. The maximum Gasteiger partial charge on any atom is 0.253 e. The highest BCUT2D eigenvalue weighted by Gasteiger charge is 2.54. The van der Waals surface area contributed by atoms with Crippen molar-refractivity contribution in [1.29, 1.82) is 0 Å². The number of aliphatic hydroxyl groups is 1. The molecular formula is C61H73N15O4. The van der Waals surface area contributed by atoms with Gasteiger partial charge in [-0.15, -0.1) is 10.2 Å². The highest BCUT2D eigenvalue weighted by molar-refractivity contribution is 5.95. The van der Waals surface area contributed by atoms with Gasteiger partial charge in [-0.2, -0.15) is 9.97 Å². The highest BCUT2D eigenvalue weighted by atomic mass is 16.3. The molecule has 19 nitrogen and oxygen atoms in total. The number of hydrogen-bond acceptors (Lipinski definition) is 15. The quantitative estimate of drug-likeness (QED) is 0.0940. The molecule has 6 aliphatic rings.